The van der Waals surface area contributed by atoms with Crippen LogP contribution < -0.4 is 5.73 Å². The number of amides is 1. The number of carbonyl (C=O) groups excluding carboxylic acids is 1. The van der Waals surface area contributed by atoms with Crippen LogP contribution in [0.25, 0.3) is 0 Å². The molecule has 1 aliphatic carbocycles. The number of phenols is 1. The number of nitrogens with two attached hydrogens (primary N) is 1. The van der Waals surface area contributed by atoms with Crippen molar-refractivity contribution in [3.63, 3.8) is 0 Å². The lowest BCUT2D eigenvalue weighted by Gasteiger charge is -2.28. The van der Waals surface area contributed by atoms with Crippen molar-refractivity contribution in [1.29, 1.82) is 0 Å². The minimum Gasteiger partial charge on any atom is -0.508 e. The number of aliphatic hydroxyl groups excluding tert-OH is 1. The highest BCUT2D eigenvalue weighted by molar-refractivity contribution is 5.99. The molecule has 1 saturated carbocycles. The Morgan fingerprint density at radius 1 is 1.37 bits per heavy atom. The maximum Gasteiger partial charge on any atom is 0.256 e. The van der Waals surface area contributed by atoms with E-state index in [-0.39, 0.29) is 24.3 Å². The summed E-state index contributed by atoms with van der Waals surface area (Å²) in [5.41, 5.74) is 6.46. The van der Waals surface area contributed by atoms with E-state index in [1.54, 1.807) is 4.90 Å². The first-order chi connectivity index (χ1) is 9.13. The average Bonchev–Trinajstić information content (AvgIpc) is 2.92. The van der Waals surface area contributed by atoms with Crippen LogP contribution in [0.3, 0.4) is 0 Å². The lowest BCUT2D eigenvalue weighted by molar-refractivity contribution is 0.0638. The minimum atomic E-state index is -0.214. The van der Waals surface area contributed by atoms with Crippen molar-refractivity contribution in [1.82, 2.24) is 4.90 Å². The molecule has 1 fully saturated rings. The molecule has 1 amide bonds. The standard InChI is InChI=1S/C14H20N2O3/c15-13-6-5-11(18)9-12(13)14(19)16(7-8-17)10-3-1-2-4-10/h5-6,9-10,17-18H,1-4,7-8,15H2. The Morgan fingerprint density at radius 2 is 2.05 bits per heavy atom. The molecular weight excluding hydrogens is 244 g/mol. The number of nitrogens with zero attached hydrogens (tertiary/aromatic N) is 1. The number of anilines is 1. The zero-order valence-electron chi connectivity index (χ0n) is 10.9. The number of aromatic hydroxyl groups is 1. The molecule has 4 N–H and O–H groups in total. The lowest BCUT2D eigenvalue weighted by Crippen LogP contribution is -2.41. The molecule has 19 heavy (non-hydrogen) atoms. The Morgan fingerprint density at radius 3 is 2.68 bits per heavy atom. The molecule has 0 aliphatic heterocycles. The molecule has 0 bridgehead atoms. The maximum absolute atomic E-state index is 12.5. The van der Waals surface area contributed by atoms with Crippen LogP contribution in [0.2, 0.25) is 0 Å². The number of benzene rings is 1. The van der Waals surface area contributed by atoms with E-state index in [1.165, 1.54) is 18.2 Å². The molecule has 1 aromatic carbocycles. The van der Waals surface area contributed by atoms with E-state index in [9.17, 15) is 9.90 Å². The lowest BCUT2D eigenvalue weighted by atomic mass is 10.1. The predicted octanol–water partition coefficient (Wildman–Crippen LogP) is 1.35. The van der Waals surface area contributed by atoms with Gasteiger partial charge in [0.25, 0.3) is 5.91 Å². The molecule has 0 saturated heterocycles. The molecule has 1 aliphatic rings. The van der Waals surface area contributed by atoms with Gasteiger partial charge in [-0.3, -0.25) is 4.79 Å². The molecule has 0 spiro atoms. The first kappa shape index (κ1) is 13.7. The largest absolute Gasteiger partial charge is 0.508 e. The highest BCUT2D eigenvalue weighted by Crippen LogP contribution is 2.27. The van der Waals surface area contributed by atoms with E-state index in [0.29, 0.717) is 17.8 Å². The van der Waals surface area contributed by atoms with Crippen LogP contribution in [0, 0.1) is 0 Å². The number of nitrogen functional groups attached to an aromatic ring is 1. The second kappa shape index (κ2) is 5.93. The summed E-state index contributed by atoms with van der Waals surface area (Å²) >= 11 is 0. The quantitative estimate of drug-likeness (QED) is 0.566. The molecule has 0 aromatic heterocycles. The van der Waals surface area contributed by atoms with Gasteiger partial charge < -0.3 is 20.8 Å². The van der Waals surface area contributed by atoms with Gasteiger partial charge >= 0.3 is 0 Å². The molecule has 0 heterocycles. The van der Waals surface area contributed by atoms with Crippen molar-refractivity contribution in [2.24, 2.45) is 0 Å². The van der Waals surface area contributed by atoms with Crippen molar-refractivity contribution in [2.75, 3.05) is 18.9 Å². The van der Waals surface area contributed by atoms with Gasteiger partial charge in [0.05, 0.1) is 12.2 Å². The molecule has 0 unspecified atom stereocenters. The topological polar surface area (TPSA) is 86.8 Å². The number of aliphatic hydroxyl groups is 1. The van der Waals surface area contributed by atoms with Gasteiger partial charge in [-0.2, -0.15) is 0 Å². The zero-order chi connectivity index (χ0) is 13.8. The fraction of sp³-hybridized carbons (Fsp3) is 0.500. The van der Waals surface area contributed by atoms with Crippen LogP contribution in [0.5, 0.6) is 5.75 Å². The van der Waals surface area contributed by atoms with E-state index in [0.717, 1.165) is 25.7 Å². The zero-order valence-corrected chi connectivity index (χ0v) is 10.9. The van der Waals surface area contributed by atoms with Crippen LogP contribution in [0.4, 0.5) is 5.69 Å². The Kier molecular flexibility index (Phi) is 4.27. The van der Waals surface area contributed by atoms with Gasteiger partial charge in [-0.1, -0.05) is 12.8 Å². The summed E-state index contributed by atoms with van der Waals surface area (Å²) in [7, 11) is 0. The molecule has 5 heteroatoms. The third kappa shape index (κ3) is 2.98. The number of hydrogen-bond donors (Lipinski definition) is 3. The van der Waals surface area contributed by atoms with E-state index < -0.39 is 0 Å². The second-order valence-electron chi connectivity index (χ2n) is 4.93. The summed E-state index contributed by atoms with van der Waals surface area (Å²) in [6, 6.07) is 4.53. The molecule has 1 aromatic rings. The molecular formula is C14H20N2O3. The summed E-state index contributed by atoms with van der Waals surface area (Å²) in [5, 5.41) is 18.6. The van der Waals surface area contributed by atoms with E-state index in [2.05, 4.69) is 0 Å². The Balaban J connectivity index is 2.25. The number of rotatable bonds is 4. The summed E-state index contributed by atoms with van der Waals surface area (Å²) in [4.78, 5) is 14.2. The number of carbonyl (C=O) groups is 1. The van der Waals surface area contributed by atoms with Gasteiger partial charge in [0.15, 0.2) is 0 Å². The average molecular weight is 264 g/mol. The van der Waals surface area contributed by atoms with Gasteiger partial charge in [0.1, 0.15) is 5.75 Å². The SMILES string of the molecule is Nc1ccc(O)cc1C(=O)N(CCO)C1CCCC1. The second-order valence-corrected chi connectivity index (χ2v) is 4.93. The Labute approximate surface area is 112 Å². The molecule has 0 radical (unpaired) electrons. The molecule has 104 valence electrons. The van der Waals surface area contributed by atoms with E-state index in [4.69, 9.17) is 10.8 Å². The van der Waals surface area contributed by atoms with Crippen molar-refractivity contribution in [3.8, 4) is 5.75 Å². The van der Waals surface area contributed by atoms with E-state index in [1.807, 2.05) is 0 Å². The van der Waals surface area contributed by atoms with Gasteiger partial charge in [-0.05, 0) is 31.0 Å². The van der Waals surface area contributed by atoms with E-state index >= 15 is 0 Å². The van der Waals surface area contributed by atoms with Crippen molar-refractivity contribution in [3.05, 3.63) is 23.8 Å². The minimum absolute atomic E-state index is 0.0212. The monoisotopic (exact) mass is 264 g/mol. The van der Waals surface area contributed by atoms with Crippen molar-refractivity contribution in [2.45, 2.75) is 31.7 Å². The molecule has 0 atom stereocenters. The first-order valence-electron chi connectivity index (χ1n) is 6.64. The van der Waals surface area contributed by atoms with Crippen LogP contribution >= 0.6 is 0 Å². The summed E-state index contributed by atoms with van der Waals surface area (Å²) < 4.78 is 0. The number of hydrogen-bond acceptors (Lipinski definition) is 4. The highest BCUT2D eigenvalue weighted by atomic mass is 16.3. The van der Waals surface area contributed by atoms with Crippen molar-refractivity contribution < 1.29 is 15.0 Å². The smallest absolute Gasteiger partial charge is 0.256 e. The first-order valence-corrected chi connectivity index (χ1v) is 6.64. The highest BCUT2D eigenvalue weighted by Gasteiger charge is 2.28. The van der Waals surface area contributed by atoms with Gasteiger partial charge in [0, 0.05) is 18.3 Å². The van der Waals surface area contributed by atoms with Gasteiger partial charge in [-0.15, -0.1) is 0 Å². The summed E-state index contributed by atoms with van der Waals surface area (Å²) in [6.07, 6.45) is 4.14. The van der Waals surface area contributed by atoms with Crippen LogP contribution in [0.15, 0.2) is 18.2 Å². The maximum atomic E-state index is 12.5. The Hall–Kier alpha value is -1.75. The molecule has 2 rings (SSSR count). The fourth-order valence-electron chi connectivity index (χ4n) is 2.66. The number of phenolic OH excluding ortho intramolecular Hbond substituents is 1. The van der Waals surface area contributed by atoms with Crippen LogP contribution in [-0.4, -0.2) is 40.2 Å². The van der Waals surface area contributed by atoms with Crippen LogP contribution in [0.1, 0.15) is 36.0 Å². The fourth-order valence-corrected chi connectivity index (χ4v) is 2.66. The third-order valence-electron chi connectivity index (χ3n) is 3.63. The summed E-state index contributed by atoms with van der Waals surface area (Å²) in [6.45, 7) is 0.236. The Bertz CT molecular complexity index is 456. The van der Waals surface area contributed by atoms with Gasteiger partial charge in [0.2, 0.25) is 0 Å². The summed E-state index contributed by atoms with van der Waals surface area (Å²) in [5.74, 6) is -0.192. The normalized spacial score (nSPS) is 15.6. The predicted molar refractivity (Wildman–Crippen MR) is 72.9 cm³/mol. The van der Waals surface area contributed by atoms with Crippen LogP contribution in [-0.2, 0) is 0 Å². The third-order valence-corrected chi connectivity index (χ3v) is 3.63. The van der Waals surface area contributed by atoms with Gasteiger partial charge in [-0.25, -0.2) is 0 Å². The molecule has 5 nitrogen and oxygen atoms in total. The van der Waals surface area contributed by atoms with Crippen molar-refractivity contribution >= 4 is 11.6 Å².